The highest BCUT2D eigenvalue weighted by atomic mass is 79.9. The fourth-order valence-corrected chi connectivity index (χ4v) is 4.94. The number of benzene rings is 1. The zero-order valence-electron chi connectivity index (χ0n) is 16.3. The van der Waals surface area contributed by atoms with Crippen molar-refractivity contribution in [2.75, 3.05) is 7.11 Å². The van der Waals surface area contributed by atoms with Gasteiger partial charge in [-0.05, 0) is 42.7 Å². The van der Waals surface area contributed by atoms with Crippen LogP contribution in [0.4, 0.5) is 0 Å². The van der Waals surface area contributed by atoms with Crippen LogP contribution in [0.5, 0.6) is 5.75 Å². The van der Waals surface area contributed by atoms with Gasteiger partial charge in [-0.25, -0.2) is 9.78 Å². The highest BCUT2D eigenvalue weighted by molar-refractivity contribution is 9.10. The Morgan fingerprint density at radius 2 is 2.07 bits per heavy atom. The predicted molar refractivity (Wildman–Crippen MR) is 118 cm³/mol. The number of nitrogens with zero attached hydrogens (tertiary/aromatic N) is 3. The Morgan fingerprint density at radius 1 is 1.24 bits per heavy atom. The predicted octanol–water partition coefficient (Wildman–Crippen LogP) is 5.00. The number of rotatable bonds is 4. The van der Waals surface area contributed by atoms with Crippen LogP contribution in [-0.4, -0.2) is 26.2 Å². The van der Waals surface area contributed by atoms with Crippen LogP contribution in [0, 0.1) is 0 Å². The van der Waals surface area contributed by atoms with E-state index in [2.05, 4.69) is 25.9 Å². The number of methoxy groups -OCH3 is 1. The molecule has 1 aromatic carbocycles. The van der Waals surface area contributed by atoms with Crippen molar-refractivity contribution < 1.29 is 4.74 Å². The SMILES string of the molecule is COc1ccc(Br)c(Cn2c(=O)n(C3CCCCC3)c3c4cc[nH]c4ncc32)c1. The summed E-state index contributed by atoms with van der Waals surface area (Å²) in [6.07, 6.45) is 9.42. The van der Waals surface area contributed by atoms with Crippen LogP contribution in [0.3, 0.4) is 0 Å². The second kappa shape index (κ2) is 7.37. The second-order valence-corrected chi connectivity index (χ2v) is 8.57. The van der Waals surface area contributed by atoms with E-state index in [1.54, 1.807) is 7.11 Å². The minimum Gasteiger partial charge on any atom is -0.497 e. The zero-order valence-corrected chi connectivity index (χ0v) is 17.9. The normalized spacial score (nSPS) is 15.4. The first kappa shape index (κ1) is 18.5. The van der Waals surface area contributed by atoms with Crippen LogP contribution in [0.15, 0.2) is 45.9 Å². The number of aromatic nitrogens is 4. The third-order valence-electron chi connectivity index (χ3n) is 6.03. The average Bonchev–Trinajstić information content (AvgIpc) is 3.33. The van der Waals surface area contributed by atoms with Gasteiger partial charge in [0.2, 0.25) is 0 Å². The number of aromatic amines is 1. The standard InChI is InChI=1S/C22H23BrN4O2/c1-29-16-7-8-18(23)14(11-16)13-26-19-12-25-21-17(9-10-24-21)20(19)27(22(26)28)15-5-3-2-4-6-15/h7-12,15H,2-6,13H2,1H3,(H,24,25). The minimum atomic E-state index is 0.0390. The highest BCUT2D eigenvalue weighted by Gasteiger charge is 2.24. The Bertz CT molecular complexity index is 1250. The largest absolute Gasteiger partial charge is 0.497 e. The lowest BCUT2D eigenvalue weighted by molar-refractivity contribution is 0.351. The maximum Gasteiger partial charge on any atom is 0.329 e. The van der Waals surface area contributed by atoms with Gasteiger partial charge in [0, 0.05) is 22.1 Å². The molecule has 1 fully saturated rings. The molecule has 5 rings (SSSR count). The van der Waals surface area contributed by atoms with E-state index in [0.717, 1.165) is 50.7 Å². The number of nitrogens with one attached hydrogen (secondary N) is 1. The highest BCUT2D eigenvalue weighted by Crippen LogP contribution is 2.33. The molecule has 7 heteroatoms. The molecule has 1 N–H and O–H groups in total. The Morgan fingerprint density at radius 3 is 2.86 bits per heavy atom. The molecule has 0 bridgehead atoms. The molecule has 0 atom stereocenters. The summed E-state index contributed by atoms with van der Waals surface area (Å²) in [4.78, 5) is 21.4. The summed E-state index contributed by atoms with van der Waals surface area (Å²) < 4.78 is 10.2. The van der Waals surface area contributed by atoms with Crippen molar-refractivity contribution in [3.05, 3.63) is 57.2 Å². The molecular formula is C22H23BrN4O2. The van der Waals surface area contributed by atoms with Crippen molar-refractivity contribution >= 4 is 38.0 Å². The average molecular weight is 455 g/mol. The van der Waals surface area contributed by atoms with Gasteiger partial charge in [0.05, 0.1) is 30.9 Å². The van der Waals surface area contributed by atoms with Gasteiger partial charge in [-0.1, -0.05) is 35.2 Å². The van der Waals surface area contributed by atoms with E-state index in [0.29, 0.717) is 6.54 Å². The quantitative estimate of drug-likeness (QED) is 0.471. The van der Waals surface area contributed by atoms with E-state index >= 15 is 0 Å². The molecule has 1 aliphatic rings. The molecule has 29 heavy (non-hydrogen) atoms. The molecular weight excluding hydrogens is 432 g/mol. The van der Waals surface area contributed by atoms with Gasteiger partial charge in [-0.3, -0.25) is 9.13 Å². The van der Waals surface area contributed by atoms with Crippen LogP contribution in [-0.2, 0) is 6.54 Å². The minimum absolute atomic E-state index is 0.0390. The lowest BCUT2D eigenvalue weighted by atomic mass is 9.95. The molecule has 6 nitrogen and oxygen atoms in total. The topological polar surface area (TPSA) is 64.8 Å². The van der Waals surface area contributed by atoms with Crippen LogP contribution < -0.4 is 10.4 Å². The molecule has 0 aliphatic heterocycles. The Kier molecular flexibility index (Phi) is 4.70. The van der Waals surface area contributed by atoms with Crippen molar-refractivity contribution in [2.24, 2.45) is 0 Å². The Balaban J connectivity index is 1.74. The summed E-state index contributed by atoms with van der Waals surface area (Å²) >= 11 is 3.62. The van der Waals surface area contributed by atoms with E-state index in [1.807, 2.05) is 45.8 Å². The van der Waals surface area contributed by atoms with Gasteiger partial charge in [-0.2, -0.15) is 0 Å². The van der Waals surface area contributed by atoms with Gasteiger partial charge >= 0.3 is 5.69 Å². The van der Waals surface area contributed by atoms with Gasteiger partial charge in [-0.15, -0.1) is 0 Å². The molecule has 3 aromatic heterocycles. The Labute approximate surface area is 176 Å². The first-order chi connectivity index (χ1) is 14.2. The third-order valence-corrected chi connectivity index (χ3v) is 6.80. The summed E-state index contributed by atoms with van der Waals surface area (Å²) in [6, 6.07) is 8.11. The fraction of sp³-hybridized carbons (Fsp3) is 0.364. The van der Waals surface area contributed by atoms with Crippen LogP contribution in [0.2, 0.25) is 0 Å². The molecule has 3 heterocycles. The first-order valence-electron chi connectivity index (χ1n) is 10.1. The summed E-state index contributed by atoms with van der Waals surface area (Å²) in [5, 5.41) is 1.01. The maximum atomic E-state index is 13.7. The van der Waals surface area contributed by atoms with Crippen molar-refractivity contribution in [1.29, 1.82) is 0 Å². The molecule has 150 valence electrons. The first-order valence-corrected chi connectivity index (χ1v) is 10.9. The van der Waals surface area contributed by atoms with E-state index < -0.39 is 0 Å². The number of fused-ring (bicyclic) bond motifs is 3. The monoisotopic (exact) mass is 454 g/mol. The molecule has 0 amide bonds. The van der Waals surface area contributed by atoms with Crippen LogP contribution in [0.25, 0.3) is 22.1 Å². The molecule has 4 aromatic rings. The number of halogens is 1. The Hall–Kier alpha value is -2.54. The van der Waals surface area contributed by atoms with E-state index in [1.165, 1.54) is 19.3 Å². The van der Waals surface area contributed by atoms with Crippen molar-refractivity contribution in [1.82, 2.24) is 19.1 Å². The molecule has 0 saturated heterocycles. The molecule has 0 radical (unpaired) electrons. The smallest absolute Gasteiger partial charge is 0.329 e. The summed E-state index contributed by atoms with van der Waals surface area (Å²) in [6.45, 7) is 0.463. The summed E-state index contributed by atoms with van der Waals surface area (Å²) in [5.41, 5.74) is 3.73. The lowest BCUT2D eigenvalue weighted by Crippen LogP contribution is -2.29. The van der Waals surface area contributed by atoms with Crippen LogP contribution in [0.1, 0.15) is 43.7 Å². The van der Waals surface area contributed by atoms with Crippen molar-refractivity contribution in [3.8, 4) is 5.75 Å². The number of hydrogen-bond acceptors (Lipinski definition) is 3. The zero-order chi connectivity index (χ0) is 20.0. The molecule has 1 saturated carbocycles. The number of hydrogen-bond donors (Lipinski definition) is 1. The number of H-pyrrole nitrogens is 1. The van der Waals surface area contributed by atoms with Gasteiger partial charge in [0.1, 0.15) is 11.4 Å². The van der Waals surface area contributed by atoms with Gasteiger partial charge in [0.15, 0.2) is 0 Å². The molecule has 0 unspecified atom stereocenters. The number of imidazole rings is 1. The van der Waals surface area contributed by atoms with Gasteiger partial charge < -0.3 is 9.72 Å². The molecule has 0 spiro atoms. The van der Waals surface area contributed by atoms with E-state index in [-0.39, 0.29) is 11.7 Å². The third kappa shape index (κ3) is 3.08. The maximum absolute atomic E-state index is 13.7. The molecule has 1 aliphatic carbocycles. The number of pyridine rings is 1. The lowest BCUT2D eigenvalue weighted by Gasteiger charge is -2.23. The van der Waals surface area contributed by atoms with Crippen LogP contribution >= 0.6 is 15.9 Å². The number of ether oxygens (including phenoxy) is 1. The summed E-state index contributed by atoms with van der Waals surface area (Å²) in [7, 11) is 1.65. The van der Waals surface area contributed by atoms with Crippen molar-refractivity contribution in [2.45, 2.75) is 44.7 Å². The van der Waals surface area contributed by atoms with E-state index in [9.17, 15) is 4.79 Å². The second-order valence-electron chi connectivity index (χ2n) is 7.72. The van der Waals surface area contributed by atoms with Gasteiger partial charge in [0.25, 0.3) is 0 Å². The van der Waals surface area contributed by atoms with E-state index in [4.69, 9.17) is 4.74 Å². The van der Waals surface area contributed by atoms with Crippen molar-refractivity contribution in [3.63, 3.8) is 0 Å². The fourth-order valence-electron chi connectivity index (χ4n) is 4.56. The summed E-state index contributed by atoms with van der Waals surface area (Å²) in [5.74, 6) is 0.776.